The van der Waals surface area contributed by atoms with E-state index in [0.29, 0.717) is 25.3 Å². The summed E-state index contributed by atoms with van der Waals surface area (Å²) >= 11 is 0. The number of nitrogens with one attached hydrogen (secondary N) is 2. The van der Waals surface area contributed by atoms with Gasteiger partial charge in [0.1, 0.15) is 0 Å². The lowest BCUT2D eigenvalue weighted by molar-refractivity contribution is -0.182. The van der Waals surface area contributed by atoms with Crippen LogP contribution in [0.5, 0.6) is 0 Å². The fraction of sp³-hybridized carbons (Fsp3) is 0.938. The van der Waals surface area contributed by atoms with Gasteiger partial charge in [-0.1, -0.05) is 20.8 Å². The molecule has 0 heterocycles. The number of methoxy groups -OCH3 is 1. The fourth-order valence-corrected chi connectivity index (χ4v) is 2.89. The van der Waals surface area contributed by atoms with Crippen molar-refractivity contribution in [3.8, 4) is 0 Å². The molecule has 0 bridgehead atoms. The maximum absolute atomic E-state index is 12.7. The van der Waals surface area contributed by atoms with Crippen LogP contribution in [0, 0.1) is 11.3 Å². The van der Waals surface area contributed by atoms with Crippen LogP contribution in [0.1, 0.15) is 46.5 Å². The third-order valence-electron chi connectivity index (χ3n) is 4.46. The molecule has 0 amide bonds. The van der Waals surface area contributed by atoms with E-state index in [1.807, 2.05) is 0 Å². The standard InChI is InChI=1S/C16H30F3N3O/c1-15(2,3)13(23-5)10-21-14(20-4)22-12-8-6-11(7-9-12)16(17,18)19/h11-13H,6-10H2,1-5H3,(H2,20,21,22). The zero-order chi connectivity index (χ0) is 17.7. The Morgan fingerprint density at radius 1 is 1.17 bits per heavy atom. The summed E-state index contributed by atoms with van der Waals surface area (Å²) < 4.78 is 43.5. The van der Waals surface area contributed by atoms with Crippen LogP contribution >= 0.6 is 0 Å². The average Bonchev–Trinajstić information content (AvgIpc) is 2.44. The van der Waals surface area contributed by atoms with E-state index in [1.165, 1.54) is 0 Å². The van der Waals surface area contributed by atoms with E-state index >= 15 is 0 Å². The zero-order valence-corrected chi connectivity index (χ0v) is 14.8. The van der Waals surface area contributed by atoms with Gasteiger partial charge in [0.2, 0.25) is 0 Å². The Balaban J connectivity index is 2.44. The molecule has 0 spiro atoms. The van der Waals surface area contributed by atoms with Crippen molar-refractivity contribution in [2.75, 3.05) is 20.7 Å². The molecule has 0 saturated heterocycles. The molecule has 1 atom stereocenters. The molecular weight excluding hydrogens is 307 g/mol. The summed E-state index contributed by atoms with van der Waals surface area (Å²) in [6.45, 7) is 6.88. The Hall–Kier alpha value is -0.980. The maximum Gasteiger partial charge on any atom is 0.391 e. The van der Waals surface area contributed by atoms with E-state index in [2.05, 4.69) is 36.4 Å². The summed E-state index contributed by atoms with van der Waals surface area (Å²) in [4.78, 5) is 4.15. The molecule has 1 fully saturated rings. The third-order valence-corrected chi connectivity index (χ3v) is 4.46. The largest absolute Gasteiger partial charge is 0.391 e. The van der Waals surface area contributed by atoms with Crippen molar-refractivity contribution >= 4 is 5.96 Å². The van der Waals surface area contributed by atoms with Crippen molar-refractivity contribution in [1.82, 2.24) is 10.6 Å². The summed E-state index contributed by atoms with van der Waals surface area (Å²) in [6, 6.07) is 0.0374. The normalized spacial score (nSPS) is 25.1. The number of rotatable bonds is 4. The van der Waals surface area contributed by atoms with Gasteiger partial charge in [0.15, 0.2) is 5.96 Å². The molecule has 1 aliphatic carbocycles. The minimum Gasteiger partial charge on any atom is -0.379 e. The molecule has 2 N–H and O–H groups in total. The molecule has 1 unspecified atom stereocenters. The second kappa shape index (κ2) is 8.22. The number of halogens is 3. The highest BCUT2D eigenvalue weighted by Crippen LogP contribution is 2.37. The lowest BCUT2D eigenvalue weighted by Gasteiger charge is -2.32. The molecular formula is C16H30F3N3O. The van der Waals surface area contributed by atoms with Gasteiger partial charge in [-0.3, -0.25) is 4.99 Å². The van der Waals surface area contributed by atoms with Crippen LogP contribution in [-0.4, -0.2) is 45.0 Å². The van der Waals surface area contributed by atoms with E-state index in [0.717, 1.165) is 0 Å². The summed E-state index contributed by atoms with van der Waals surface area (Å²) in [5.74, 6) is -0.541. The first-order chi connectivity index (χ1) is 10.6. The minimum atomic E-state index is -4.07. The second-order valence-corrected chi connectivity index (χ2v) is 7.28. The van der Waals surface area contributed by atoms with E-state index in [-0.39, 0.29) is 30.4 Å². The van der Waals surface area contributed by atoms with Crippen molar-refractivity contribution in [1.29, 1.82) is 0 Å². The first-order valence-corrected chi connectivity index (χ1v) is 8.14. The third kappa shape index (κ3) is 6.57. The van der Waals surface area contributed by atoms with Gasteiger partial charge in [0, 0.05) is 26.7 Å². The van der Waals surface area contributed by atoms with E-state index < -0.39 is 12.1 Å². The highest BCUT2D eigenvalue weighted by molar-refractivity contribution is 5.80. The van der Waals surface area contributed by atoms with Gasteiger partial charge in [0.05, 0.1) is 12.0 Å². The number of ether oxygens (including phenoxy) is 1. The van der Waals surface area contributed by atoms with Gasteiger partial charge in [-0.25, -0.2) is 0 Å². The van der Waals surface area contributed by atoms with Gasteiger partial charge in [-0.15, -0.1) is 0 Å². The number of guanidine groups is 1. The Morgan fingerprint density at radius 3 is 2.13 bits per heavy atom. The van der Waals surface area contributed by atoms with Crippen LogP contribution in [0.3, 0.4) is 0 Å². The number of nitrogens with zero attached hydrogens (tertiary/aromatic N) is 1. The quantitative estimate of drug-likeness (QED) is 0.611. The van der Waals surface area contributed by atoms with Crippen LogP contribution < -0.4 is 10.6 Å². The highest BCUT2D eigenvalue weighted by atomic mass is 19.4. The molecule has 4 nitrogen and oxygen atoms in total. The summed E-state index contributed by atoms with van der Waals surface area (Å²) in [5.41, 5.74) is -0.00856. The van der Waals surface area contributed by atoms with E-state index in [9.17, 15) is 13.2 Å². The van der Waals surface area contributed by atoms with Crippen molar-refractivity contribution in [2.24, 2.45) is 16.3 Å². The first kappa shape index (κ1) is 20.1. The molecule has 136 valence electrons. The average molecular weight is 337 g/mol. The Labute approximate surface area is 137 Å². The maximum atomic E-state index is 12.7. The summed E-state index contributed by atoms with van der Waals surface area (Å²) in [6.07, 6.45) is -2.66. The summed E-state index contributed by atoms with van der Waals surface area (Å²) in [5, 5.41) is 6.43. The predicted molar refractivity (Wildman–Crippen MR) is 86.6 cm³/mol. The fourth-order valence-electron chi connectivity index (χ4n) is 2.89. The molecule has 1 rings (SSSR count). The van der Waals surface area contributed by atoms with Gasteiger partial charge >= 0.3 is 6.18 Å². The lowest BCUT2D eigenvalue weighted by atomic mass is 9.85. The molecule has 1 saturated carbocycles. The minimum absolute atomic E-state index is 0.00856. The van der Waals surface area contributed by atoms with Gasteiger partial charge in [-0.05, 0) is 31.1 Å². The molecule has 0 aromatic carbocycles. The summed E-state index contributed by atoms with van der Waals surface area (Å²) in [7, 11) is 3.34. The van der Waals surface area contributed by atoms with Crippen LogP contribution in [0.4, 0.5) is 13.2 Å². The van der Waals surface area contributed by atoms with Gasteiger partial charge in [0.25, 0.3) is 0 Å². The van der Waals surface area contributed by atoms with Crippen molar-refractivity contribution < 1.29 is 17.9 Å². The molecule has 1 aliphatic rings. The smallest absolute Gasteiger partial charge is 0.379 e. The molecule has 0 aromatic rings. The molecule has 7 heteroatoms. The molecule has 23 heavy (non-hydrogen) atoms. The second-order valence-electron chi connectivity index (χ2n) is 7.28. The number of aliphatic imine (C=N–C) groups is 1. The van der Waals surface area contributed by atoms with Crippen LogP contribution in [-0.2, 0) is 4.74 Å². The number of hydrogen-bond acceptors (Lipinski definition) is 2. The highest BCUT2D eigenvalue weighted by Gasteiger charge is 2.41. The zero-order valence-electron chi connectivity index (χ0n) is 14.8. The van der Waals surface area contributed by atoms with Crippen molar-refractivity contribution in [3.63, 3.8) is 0 Å². The van der Waals surface area contributed by atoms with Crippen LogP contribution in [0.2, 0.25) is 0 Å². The first-order valence-electron chi connectivity index (χ1n) is 8.14. The van der Waals surface area contributed by atoms with E-state index in [1.54, 1.807) is 14.2 Å². The molecule has 0 aliphatic heterocycles. The SMILES string of the molecule is CN=C(NCC(OC)C(C)(C)C)NC1CCC(C(F)(F)F)CC1. The van der Waals surface area contributed by atoms with Gasteiger partial charge in [-0.2, -0.15) is 13.2 Å². The molecule has 0 aromatic heterocycles. The molecule has 0 radical (unpaired) electrons. The van der Waals surface area contributed by atoms with Crippen LogP contribution in [0.15, 0.2) is 4.99 Å². The Morgan fingerprint density at radius 2 is 1.74 bits per heavy atom. The number of alkyl halides is 3. The van der Waals surface area contributed by atoms with E-state index in [4.69, 9.17) is 4.74 Å². The predicted octanol–water partition coefficient (Wildman–Crippen LogP) is 3.33. The number of hydrogen-bond donors (Lipinski definition) is 2. The van der Waals surface area contributed by atoms with Crippen LogP contribution in [0.25, 0.3) is 0 Å². The lowest BCUT2D eigenvalue weighted by Crippen LogP contribution is -2.49. The van der Waals surface area contributed by atoms with Crippen molar-refractivity contribution in [2.45, 2.75) is 64.8 Å². The van der Waals surface area contributed by atoms with Crippen molar-refractivity contribution in [3.05, 3.63) is 0 Å². The monoisotopic (exact) mass is 337 g/mol. The Kier molecular flexibility index (Phi) is 7.17. The van der Waals surface area contributed by atoms with Gasteiger partial charge < -0.3 is 15.4 Å². The topological polar surface area (TPSA) is 45.7 Å². The Bertz CT molecular complexity index is 383.